The summed E-state index contributed by atoms with van der Waals surface area (Å²) in [5.41, 5.74) is 2.35. The third kappa shape index (κ3) is 3.77. The number of nitrogens with zero attached hydrogens (tertiary/aromatic N) is 4. The number of aliphatic hydroxyl groups is 1. The van der Waals surface area contributed by atoms with Gasteiger partial charge < -0.3 is 14.7 Å². The fourth-order valence-electron chi connectivity index (χ4n) is 3.39. The van der Waals surface area contributed by atoms with E-state index in [1.807, 2.05) is 6.07 Å². The number of urea groups is 1. The number of rotatable bonds is 6. The van der Waals surface area contributed by atoms with E-state index in [1.165, 1.54) is 29.0 Å². The highest BCUT2D eigenvalue weighted by Crippen LogP contribution is 2.27. The first-order valence-electron chi connectivity index (χ1n) is 9.06. The summed E-state index contributed by atoms with van der Waals surface area (Å²) in [5.74, 6) is 0.417. The molecule has 2 N–H and O–H groups in total. The summed E-state index contributed by atoms with van der Waals surface area (Å²) in [6.07, 6.45) is 5.12. The Balaban J connectivity index is 1.55. The molecule has 3 heterocycles. The monoisotopic (exact) mass is 397 g/mol. The van der Waals surface area contributed by atoms with Crippen LogP contribution in [0.25, 0.3) is 11.1 Å². The van der Waals surface area contributed by atoms with E-state index in [4.69, 9.17) is 4.74 Å². The Labute approximate surface area is 166 Å². The van der Waals surface area contributed by atoms with E-state index in [1.54, 1.807) is 30.7 Å². The molecule has 0 aliphatic carbocycles. The van der Waals surface area contributed by atoms with Crippen LogP contribution in [0.15, 0.2) is 48.9 Å². The second kappa shape index (κ2) is 7.88. The molecule has 3 aromatic rings. The van der Waals surface area contributed by atoms with Crippen molar-refractivity contribution >= 4 is 11.8 Å². The topological polar surface area (TPSA) is 94.6 Å². The van der Waals surface area contributed by atoms with Gasteiger partial charge in [-0.25, -0.2) is 14.2 Å². The summed E-state index contributed by atoms with van der Waals surface area (Å²) < 4.78 is 18.9. The van der Waals surface area contributed by atoms with Gasteiger partial charge in [-0.2, -0.15) is 5.10 Å². The first kappa shape index (κ1) is 18.9. The molecule has 150 valence electrons. The number of aromatic nitrogens is 3. The first-order chi connectivity index (χ1) is 14.1. The molecule has 1 aliphatic heterocycles. The van der Waals surface area contributed by atoms with Crippen molar-refractivity contribution in [3.63, 3.8) is 0 Å². The van der Waals surface area contributed by atoms with E-state index >= 15 is 0 Å². The van der Waals surface area contributed by atoms with Crippen LogP contribution in [-0.4, -0.2) is 57.5 Å². The Morgan fingerprint density at radius 2 is 2.14 bits per heavy atom. The summed E-state index contributed by atoms with van der Waals surface area (Å²) in [4.78, 5) is 20.4. The normalized spacial score (nSPS) is 16.5. The van der Waals surface area contributed by atoms with Crippen LogP contribution in [0.5, 0.6) is 5.75 Å². The molecule has 0 spiro atoms. The molecule has 1 atom stereocenters. The number of hydrogen-bond acceptors (Lipinski definition) is 5. The van der Waals surface area contributed by atoms with Crippen molar-refractivity contribution < 1.29 is 19.0 Å². The van der Waals surface area contributed by atoms with Crippen molar-refractivity contribution in [1.82, 2.24) is 20.1 Å². The molecule has 1 fully saturated rings. The number of aliphatic hydroxyl groups excluding tert-OH is 1. The van der Waals surface area contributed by atoms with Gasteiger partial charge in [-0.05, 0) is 29.8 Å². The second-order valence-electron chi connectivity index (χ2n) is 6.75. The molecule has 8 nitrogen and oxygen atoms in total. The van der Waals surface area contributed by atoms with Gasteiger partial charge in [-0.1, -0.05) is 0 Å². The number of anilines is 1. The molecule has 1 saturated heterocycles. The number of benzene rings is 1. The summed E-state index contributed by atoms with van der Waals surface area (Å²) in [6, 6.07) is 7.19. The standard InChI is InChI=1S/C20H20FN5O3/c1-29-18-5-13(4-16(21)6-18)10-25-17(12-27)11-26(20(25)28)19-3-2-14(7-22-19)15-8-23-24-9-15/h2-9,17,27H,10-12H2,1H3,(H,23,24)/t17-/m1/s1. The highest BCUT2D eigenvalue weighted by Gasteiger charge is 2.38. The van der Waals surface area contributed by atoms with Gasteiger partial charge in [-0.15, -0.1) is 0 Å². The van der Waals surface area contributed by atoms with Crippen molar-refractivity contribution in [2.75, 3.05) is 25.2 Å². The van der Waals surface area contributed by atoms with Crippen molar-refractivity contribution in [3.8, 4) is 16.9 Å². The maximum Gasteiger partial charge on any atom is 0.326 e. The Bertz CT molecular complexity index is 994. The van der Waals surface area contributed by atoms with E-state index in [9.17, 15) is 14.3 Å². The number of carbonyl (C=O) groups is 1. The summed E-state index contributed by atoms with van der Waals surface area (Å²) in [7, 11) is 1.46. The lowest BCUT2D eigenvalue weighted by Gasteiger charge is -2.22. The maximum atomic E-state index is 13.8. The molecular formula is C20H20FN5O3. The summed E-state index contributed by atoms with van der Waals surface area (Å²) in [5, 5.41) is 16.4. The highest BCUT2D eigenvalue weighted by atomic mass is 19.1. The van der Waals surface area contributed by atoms with E-state index in [0.29, 0.717) is 23.7 Å². The number of carbonyl (C=O) groups excluding carboxylic acids is 1. The van der Waals surface area contributed by atoms with E-state index in [2.05, 4.69) is 15.2 Å². The number of amides is 2. The van der Waals surface area contributed by atoms with Gasteiger partial charge in [0, 0.05) is 36.1 Å². The van der Waals surface area contributed by atoms with Gasteiger partial charge in [0.05, 0.1) is 32.5 Å². The van der Waals surface area contributed by atoms with Crippen LogP contribution in [0.2, 0.25) is 0 Å². The number of aromatic amines is 1. The van der Waals surface area contributed by atoms with Gasteiger partial charge in [0.15, 0.2) is 0 Å². The number of H-pyrrole nitrogens is 1. The smallest absolute Gasteiger partial charge is 0.326 e. The molecule has 2 amide bonds. The molecule has 0 saturated carbocycles. The lowest BCUT2D eigenvalue weighted by molar-refractivity contribution is 0.161. The Kier molecular flexibility index (Phi) is 5.13. The zero-order chi connectivity index (χ0) is 20.4. The van der Waals surface area contributed by atoms with Gasteiger partial charge in [0.2, 0.25) is 0 Å². The number of hydrogen-bond donors (Lipinski definition) is 2. The Morgan fingerprint density at radius 1 is 1.28 bits per heavy atom. The minimum absolute atomic E-state index is 0.155. The lowest BCUT2D eigenvalue weighted by atomic mass is 10.1. The van der Waals surface area contributed by atoms with E-state index < -0.39 is 11.9 Å². The van der Waals surface area contributed by atoms with Crippen molar-refractivity contribution in [2.24, 2.45) is 0 Å². The van der Waals surface area contributed by atoms with E-state index in [-0.39, 0.29) is 19.2 Å². The van der Waals surface area contributed by atoms with Crippen molar-refractivity contribution in [3.05, 3.63) is 60.3 Å². The Morgan fingerprint density at radius 3 is 2.79 bits per heavy atom. The Hall–Kier alpha value is -3.46. The fraction of sp³-hybridized carbons (Fsp3) is 0.250. The maximum absolute atomic E-state index is 13.8. The molecule has 0 unspecified atom stereocenters. The van der Waals surface area contributed by atoms with Gasteiger partial charge in [0.1, 0.15) is 17.4 Å². The SMILES string of the molecule is COc1cc(F)cc(CN2C(=O)N(c3ccc(-c4cn[nH]c4)cn3)C[C@@H]2CO)c1. The molecule has 0 radical (unpaired) electrons. The molecule has 1 aliphatic rings. The molecule has 4 rings (SSSR count). The molecule has 2 aromatic heterocycles. The third-order valence-corrected chi connectivity index (χ3v) is 4.90. The molecular weight excluding hydrogens is 377 g/mol. The number of ether oxygens (including phenoxy) is 1. The van der Waals surface area contributed by atoms with E-state index in [0.717, 1.165) is 11.1 Å². The predicted molar refractivity (Wildman–Crippen MR) is 104 cm³/mol. The van der Waals surface area contributed by atoms with Crippen LogP contribution < -0.4 is 9.64 Å². The van der Waals surface area contributed by atoms with Crippen LogP contribution in [0.1, 0.15) is 5.56 Å². The lowest BCUT2D eigenvalue weighted by Crippen LogP contribution is -2.36. The third-order valence-electron chi connectivity index (χ3n) is 4.90. The summed E-state index contributed by atoms with van der Waals surface area (Å²) in [6.45, 7) is 0.240. The van der Waals surface area contributed by atoms with Crippen LogP contribution >= 0.6 is 0 Å². The molecule has 9 heteroatoms. The largest absolute Gasteiger partial charge is 0.497 e. The molecule has 29 heavy (non-hydrogen) atoms. The number of halogens is 1. The van der Waals surface area contributed by atoms with Crippen molar-refractivity contribution in [2.45, 2.75) is 12.6 Å². The predicted octanol–water partition coefficient (Wildman–Crippen LogP) is 2.42. The van der Waals surface area contributed by atoms with Crippen LogP contribution in [0.4, 0.5) is 15.0 Å². The fourth-order valence-corrected chi connectivity index (χ4v) is 3.39. The molecule has 1 aromatic carbocycles. The molecule has 0 bridgehead atoms. The van der Waals surface area contributed by atoms with Gasteiger partial charge in [-0.3, -0.25) is 10.00 Å². The zero-order valence-corrected chi connectivity index (χ0v) is 15.7. The van der Waals surface area contributed by atoms with Crippen LogP contribution in [0.3, 0.4) is 0 Å². The first-order valence-corrected chi connectivity index (χ1v) is 9.06. The van der Waals surface area contributed by atoms with Gasteiger partial charge >= 0.3 is 6.03 Å². The highest BCUT2D eigenvalue weighted by molar-refractivity contribution is 5.93. The zero-order valence-electron chi connectivity index (χ0n) is 15.7. The minimum Gasteiger partial charge on any atom is -0.497 e. The average Bonchev–Trinajstić information content (AvgIpc) is 3.37. The number of methoxy groups -OCH3 is 1. The van der Waals surface area contributed by atoms with Crippen LogP contribution in [0, 0.1) is 5.82 Å². The van der Waals surface area contributed by atoms with Gasteiger partial charge in [0.25, 0.3) is 0 Å². The average molecular weight is 397 g/mol. The number of pyridine rings is 1. The number of nitrogens with one attached hydrogen (secondary N) is 1. The second-order valence-corrected chi connectivity index (χ2v) is 6.75. The van der Waals surface area contributed by atoms with Crippen molar-refractivity contribution in [1.29, 1.82) is 0 Å². The summed E-state index contributed by atoms with van der Waals surface area (Å²) >= 11 is 0. The quantitative estimate of drug-likeness (QED) is 0.666. The van der Waals surface area contributed by atoms with Crippen LogP contribution in [-0.2, 0) is 6.54 Å². The minimum atomic E-state index is -0.445.